The number of aryl methyl sites for hydroxylation is 1. The van der Waals surface area contributed by atoms with E-state index in [4.69, 9.17) is 4.74 Å². The lowest BCUT2D eigenvalue weighted by Crippen LogP contribution is -2.04. The molecule has 0 N–H and O–H groups in total. The molecule has 2 nitrogen and oxygen atoms in total. The summed E-state index contributed by atoms with van der Waals surface area (Å²) in [5, 5.41) is 0. The molecule has 2 heteroatoms. The second-order valence-corrected chi connectivity index (χ2v) is 5.08. The Bertz CT molecular complexity index is 692. The summed E-state index contributed by atoms with van der Waals surface area (Å²) in [4.78, 5) is 11.6. The lowest BCUT2D eigenvalue weighted by Gasteiger charge is -2.04. The van der Waals surface area contributed by atoms with Crippen molar-refractivity contribution in [2.75, 3.05) is 0 Å². The molecular formula is C23H28O2. The van der Waals surface area contributed by atoms with Gasteiger partial charge in [-0.05, 0) is 24.6 Å². The van der Waals surface area contributed by atoms with Gasteiger partial charge in [-0.3, -0.25) is 0 Å². The molecule has 25 heavy (non-hydrogen) atoms. The smallest absolute Gasteiger partial charge is 0.338 e. The molecule has 0 amide bonds. The van der Waals surface area contributed by atoms with Crippen LogP contribution in [-0.4, -0.2) is 5.97 Å². The van der Waals surface area contributed by atoms with Crippen LogP contribution in [0.15, 0.2) is 91.0 Å². The number of rotatable bonds is 3. The molecule has 0 unspecified atom stereocenters. The van der Waals surface area contributed by atoms with Gasteiger partial charge in [0, 0.05) is 0 Å². The van der Waals surface area contributed by atoms with Gasteiger partial charge < -0.3 is 4.74 Å². The normalized spacial score (nSPS) is 8.68. The van der Waals surface area contributed by atoms with E-state index in [9.17, 15) is 4.79 Å². The molecule has 0 aliphatic heterocycles. The van der Waals surface area contributed by atoms with E-state index in [1.54, 1.807) is 12.1 Å². The van der Waals surface area contributed by atoms with Gasteiger partial charge >= 0.3 is 5.97 Å². The molecular weight excluding hydrogens is 308 g/mol. The first-order chi connectivity index (χ1) is 11.3. The summed E-state index contributed by atoms with van der Waals surface area (Å²) in [6.07, 6.45) is 0. The lowest BCUT2D eigenvalue weighted by molar-refractivity contribution is 0.0472. The third kappa shape index (κ3) is 8.52. The lowest BCUT2D eigenvalue weighted by atomic mass is 10.2. The fourth-order valence-electron chi connectivity index (χ4n) is 1.92. The molecule has 3 aromatic carbocycles. The van der Waals surface area contributed by atoms with Gasteiger partial charge in [0.2, 0.25) is 0 Å². The Kier molecular flexibility index (Phi) is 11.1. The summed E-state index contributed by atoms with van der Waals surface area (Å²) in [7, 11) is 0. The predicted molar refractivity (Wildman–Crippen MR) is 107 cm³/mol. The van der Waals surface area contributed by atoms with Crippen molar-refractivity contribution in [2.24, 2.45) is 0 Å². The highest BCUT2D eigenvalue weighted by molar-refractivity contribution is 5.89. The SMILES string of the molecule is C.C.Cc1ccccc1.O=C(OCc1ccccc1)c1ccccc1. The topological polar surface area (TPSA) is 26.3 Å². The van der Waals surface area contributed by atoms with Crippen LogP contribution in [0.1, 0.15) is 36.3 Å². The molecule has 0 aromatic heterocycles. The number of carbonyl (C=O) groups excluding carboxylic acids is 1. The minimum absolute atomic E-state index is 0. The highest BCUT2D eigenvalue weighted by Crippen LogP contribution is 2.05. The quantitative estimate of drug-likeness (QED) is 0.524. The fourth-order valence-corrected chi connectivity index (χ4v) is 1.92. The number of ether oxygens (including phenoxy) is 1. The standard InChI is InChI=1S/C14H12O2.C7H8.2CH4/c15-14(13-9-5-2-6-10-13)16-11-12-7-3-1-4-8-12;1-7-5-3-2-4-6-7;;/h1-10H,11H2;2-6H,1H3;2*1H4. The van der Waals surface area contributed by atoms with Crippen LogP contribution in [0.3, 0.4) is 0 Å². The van der Waals surface area contributed by atoms with Crippen LogP contribution >= 0.6 is 0 Å². The zero-order valence-corrected chi connectivity index (χ0v) is 13.2. The van der Waals surface area contributed by atoms with Crippen molar-refractivity contribution in [2.45, 2.75) is 28.4 Å². The predicted octanol–water partition coefficient (Wildman–Crippen LogP) is 6.31. The average Bonchev–Trinajstić information content (AvgIpc) is 2.62. The van der Waals surface area contributed by atoms with E-state index < -0.39 is 0 Å². The number of hydrogen-bond donors (Lipinski definition) is 0. The molecule has 0 aliphatic rings. The maximum Gasteiger partial charge on any atom is 0.338 e. The monoisotopic (exact) mass is 336 g/mol. The van der Waals surface area contributed by atoms with Gasteiger partial charge in [-0.2, -0.15) is 0 Å². The van der Waals surface area contributed by atoms with Gasteiger partial charge in [0.1, 0.15) is 6.61 Å². The second-order valence-electron chi connectivity index (χ2n) is 5.08. The minimum atomic E-state index is -0.288. The second kappa shape index (κ2) is 12.5. The number of esters is 1. The highest BCUT2D eigenvalue weighted by Gasteiger charge is 2.05. The van der Waals surface area contributed by atoms with E-state index >= 15 is 0 Å². The molecule has 0 spiro atoms. The van der Waals surface area contributed by atoms with Crippen LogP contribution in [-0.2, 0) is 11.3 Å². The Labute approximate surface area is 152 Å². The summed E-state index contributed by atoms with van der Waals surface area (Å²) < 4.78 is 5.18. The van der Waals surface area contributed by atoms with Crippen molar-refractivity contribution < 1.29 is 9.53 Å². The van der Waals surface area contributed by atoms with Crippen molar-refractivity contribution in [3.05, 3.63) is 108 Å². The van der Waals surface area contributed by atoms with Gasteiger partial charge in [-0.1, -0.05) is 99.3 Å². The third-order valence-corrected chi connectivity index (χ3v) is 3.16. The van der Waals surface area contributed by atoms with Crippen LogP contribution in [0.5, 0.6) is 0 Å². The zero-order chi connectivity index (χ0) is 16.3. The fraction of sp³-hybridized carbons (Fsp3) is 0.174. The van der Waals surface area contributed by atoms with Crippen LogP contribution in [0.4, 0.5) is 0 Å². The first-order valence-corrected chi connectivity index (χ1v) is 7.53. The average molecular weight is 336 g/mol. The molecule has 0 saturated heterocycles. The molecule has 3 rings (SSSR count). The molecule has 0 heterocycles. The number of carbonyl (C=O) groups is 1. The van der Waals surface area contributed by atoms with Crippen LogP contribution < -0.4 is 0 Å². The van der Waals surface area contributed by atoms with Crippen molar-refractivity contribution in [1.82, 2.24) is 0 Å². The summed E-state index contributed by atoms with van der Waals surface area (Å²) >= 11 is 0. The van der Waals surface area contributed by atoms with Gasteiger partial charge in [-0.15, -0.1) is 0 Å². The van der Waals surface area contributed by atoms with Gasteiger partial charge in [0.05, 0.1) is 5.56 Å². The number of hydrogen-bond acceptors (Lipinski definition) is 2. The Morgan fingerprint density at radius 3 is 1.60 bits per heavy atom. The maximum absolute atomic E-state index is 11.6. The summed E-state index contributed by atoms with van der Waals surface area (Å²) in [5.74, 6) is -0.288. The van der Waals surface area contributed by atoms with E-state index in [0.717, 1.165) is 5.56 Å². The molecule has 3 aromatic rings. The van der Waals surface area contributed by atoms with E-state index in [0.29, 0.717) is 12.2 Å². The Morgan fingerprint density at radius 2 is 1.16 bits per heavy atom. The maximum atomic E-state index is 11.6. The van der Waals surface area contributed by atoms with Gasteiger partial charge in [-0.25, -0.2) is 4.79 Å². The van der Waals surface area contributed by atoms with Crippen molar-refractivity contribution in [3.63, 3.8) is 0 Å². The number of benzene rings is 3. The Morgan fingerprint density at radius 1 is 0.720 bits per heavy atom. The molecule has 0 aliphatic carbocycles. The molecule has 132 valence electrons. The van der Waals surface area contributed by atoms with Crippen LogP contribution in [0.2, 0.25) is 0 Å². The van der Waals surface area contributed by atoms with Gasteiger partial charge in [0.15, 0.2) is 0 Å². The van der Waals surface area contributed by atoms with Crippen LogP contribution in [0, 0.1) is 6.92 Å². The molecule has 0 saturated carbocycles. The Hall–Kier alpha value is -2.87. The highest BCUT2D eigenvalue weighted by atomic mass is 16.5. The van der Waals surface area contributed by atoms with E-state index in [-0.39, 0.29) is 20.8 Å². The van der Waals surface area contributed by atoms with Gasteiger partial charge in [0.25, 0.3) is 0 Å². The minimum Gasteiger partial charge on any atom is -0.457 e. The first-order valence-electron chi connectivity index (χ1n) is 7.53. The van der Waals surface area contributed by atoms with Crippen molar-refractivity contribution >= 4 is 5.97 Å². The Balaban J connectivity index is 0.000000547. The van der Waals surface area contributed by atoms with Crippen molar-refractivity contribution in [3.8, 4) is 0 Å². The molecule has 0 bridgehead atoms. The van der Waals surface area contributed by atoms with Crippen molar-refractivity contribution in [1.29, 1.82) is 0 Å². The first kappa shape index (κ1) is 22.1. The summed E-state index contributed by atoms with van der Waals surface area (Å²) in [6.45, 7) is 2.40. The van der Waals surface area contributed by atoms with E-state index in [2.05, 4.69) is 19.1 Å². The van der Waals surface area contributed by atoms with E-state index in [1.807, 2.05) is 66.7 Å². The van der Waals surface area contributed by atoms with Crippen LogP contribution in [0.25, 0.3) is 0 Å². The molecule has 0 atom stereocenters. The largest absolute Gasteiger partial charge is 0.457 e. The summed E-state index contributed by atoms with van der Waals surface area (Å²) in [6, 6.07) is 28.9. The zero-order valence-electron chi connectivity index (χ0n) is 13.2. The van der Waals surface area contributed by atoms with E-state index in [1.165, 1.54) is 5.56 Å². The molecule has 0 fully saturated rings. The molecule has 0 radical (unpaired) electrons. The summed E-state index contributed by atoms with van der Waals surface area (Å²) in [5.41, 5.74) is 2.90. The third-order valence-electron chi connectivity index (χ3n) is 3.16.